The Kier molecular flexibility index (Phi) is 3.82. The van der Waals surface area contributed by atoms with E-state index in [2.05, 4.69) is 0 Å². The van der Waals surface area contributed by atoms with Gasteiger partial charge in [0.2, 0.25) is 0 Å². The maximum absolute atomic E-state index is 11.2. The minimum Gasteiger partial charge on any atom is -0.481 e. The molecule has 1 rings (SSSR count). The second kappa shape index (κ2) is 4.92. The van der Waals surface area contributed by atoms with Crippen LogP contribution in [-0.2, 0) is 4.79 Å². The smallest absolute Gasteiger partial charge is 0.318 e. The van der Waals surface area contributed by atoms with Gasteiger partial charge in [-0.25, -0.2) is 0 Å². The van der Waals surface area contributed by atoms with Crippen molar-refractivity contribution in [3.05, 3.63) is 34.4 Å². The van der Waals surface area contributed by atoms with Gasteiger partial charge in [-0.2, -0.15) is 0 Å². The van der Waals surface area contributed by atoms with E-state index >= 15 is 0 Å². The summed E-state index contributed by atoms with van der Waals surface area (Å²) in [5.74, 6) is -2.22. The molecule has 0 aromatic carbocycles. The fourth-order valence-electron chi connectivity index (χ4n) is 1.93. The molecular weight excluding hydrogens is 210 g/mol. The molecule has 0 radical (unpaired) electrons. The van der Waals surface area contributed by atoms with Gasteiger partial charge in [0.1, 0.15) is 5.92 Å². The van der Waals surface area contributed by atoms with E-state index in [1.165, 1.54) is 12.2 Å². The number of carboxylic acid groups (broad SMARTS) is 1. The molecule has 5 heteroatoms. The zero-order valence-corrected chi connectivity index (χ0v) is 9.13. The van der Waals surface area contributed by atoms with E-state index in [0.29, 0.717) is 6.42 Å². The van der Waals surface area contributed by atoms with Gasteiger partial charge in [0.25, 0.3) is 5.54 Å². The molecule has 0 bridgehead atoms. The molecule has 0 fully saturated rings. The minimum atomic E-state index is -1.48. The molecule has 1 aliphatic rings. The molecule has 2 unspecified atom stereocenters. The van der Waals surface area contributed by atoms with Crippen LogP contribution in [0, 0.1) is 16.0 Å². The zero-order valence-electron chi connectivity index (χ0n) is 9.13. The average molecular weight is 225 g/mol. The lowest BCUT2D eigenvalue weighted by molar-refractivity contribution is -0.562. The summed E-state index contributed by atoms with van der Waals surface area (Å²) in [5, 5.41) is 20.2. The number of carboxylic acids is 1. The van der Waals surface area contributed by atoms with Crippen molar-refractivity contribution in [3.8, 4) is 0 Å². The van der Waals surface area contributed by atoms with Crippen molar-refractivity contribution in [1.82, 2.24) is 0 Å². The normalized spacial score (nSPS) is 27.9. The zero-order chi connectivity index (χ0) is 12.2. The molecule has 0 aliphatic heterocycles. The van der Waals surface area contributed by atoms with E-state index in [9.17, 15) is 14.9 Å². The van der Waals surface area contributed by atoms with Crippen LogP contribution in [0.25, 0.3) is 0 Å². The van der Waals surface area contributed by atoms with Crippen LogP contribution in [0.5, 0.6) is 0 Å². The molecule has 5 nitrogen and oxygen atoms in total. The van der Waals surface area contributed by atoms with Crippen LogP contribution >= 0.6 is 0 Å². The van der Waals surface area contributed by atoms with Crippen LogP contribution in [0.4, 0.5) is 0 Å². The van der Waals surface area contributed by atoms with Gasteiger partial charge < -0.3 is 5.11 Å². The number of aliphatic carboxylic acids is 1. The molecule has 88 valence electrons. The Hall–Kier alpha value is -1.65. The van der Waals surface area contributed by atoms with E-state index in [-0.39, 0.29) is 6.42 Å². The number of rotatable bonds is 5. The summed E-state index contributed by atoms with van der Waals surface area (Å²) in [6.45, 7) is 1.92. The van der Waals surface area contributed by atoms with E-state index in [0.717, 1.165) is 6.42 Å². The van der Waals surface area contributed by atoms with Gasteiger partial charge in [0, 0.05) is 11.3 Å². The lowest BCUT2D eigenvalue weighted by Gasteiger charge is -2.27. The standard InChI is InChI=1S/C11H15NO4/c1-2-3-7-11(12(15)16)8-5-4-6-9(11)10(13)14/h4-6,8-9H,2-3,7H2,1H3,(H,13,14). The average Bonchev–Trinajstić information content (AvgIpc) is 2.26. The Morgan fingerprint density at radius 2 is 2.25 bits per heavy atom. The first-order valence-electron chi connectivity index (χ1n) is 5.28. The van der Waals surface area contributed by atoms with Gasteiger partial charge in [-0.15, -0.1) is 0 Å². The molecule has 0 saturated heterocycles. The highest BCUT2D eigenvalue weighted by Crippen LogP contribution is 2.33. The van der Waals surface area contributed by atoms with Crippen LogP contribution in [0.2, 0.25) is 0 Å². The number of unbranched alkanes of at least 4 members (excludes halogenated alkanes) is 1. The van der Waals surface area contributed by atoms with Crippen molar-refractivity contribution in [1.29, 1.82) is 0 Å². The summed E-state index contributed by atoms with van der Waals surface area (Å²) >= 11 is 0. The fourth-order valence-corrected chi connectivity index (χ4v) is 1.93. The molecule has 16 heavy (non-hydrogen) atoms. The highest BCUT2D eigenvalue weighted by Gasteiger charge is 2.51. The molecule has 0 heterocycles. The first-order valence-corrected chi connectivity index (χ1v) is 5.28. The molecule has 0 spiro atoms. The Bertz CT molecular complexity index is 348. The molecule has 0 aromatic rings. The van der Waals surface area contributed by atoms with Crippen molar-refractivity contribution in [2.75, 3.05) is 0 Å². The van der Waals surface area contributed by atoms with Gasteiger partial charge >= 0.3 is 5.97 Å². The van der Waals surface area contributed by atoms with E-state index in [4.69, 9.17) is 5.11 Å². The first kappa shape index (κ1) is 12.4. The number of nitro groups is 1. The van der Waals surface area contributed by atoms with E-state index < -0.39 is 22.3 Å². The van der Waals surface area contributed by atoms with Gasteiger partial charge in [0.15, 0.2) is 0 Å². The van der Waals surface area contributed by atoms with Gasteiger partial charge in [0.05, 0.1) is 0 Å². The van der Waals surface area contributed by atoms with Gasteiger partial charge in [-0.1, -0.05) is 31.6 Å². The molecule has 2 atom stereocenters. The predicted octanol–water partition coefficient (Wildman–Crippen LogP) is 2.02. The third kappa shape index (κ3) is 2.13. The van der Waals surface area contributed by atoms with Crippen molar-refractivity contribution in [2.45, 2.75) is 31.7 Å². The number of allylic oxidation sites excluding steroid dienone is 2. The number of carbonyl (C=O) groups is 1. The highest BCUT2D eigenvalue weighted by molar-refractivity contribution is 5.75. The Balaban J connectivity index is 3.05. The lowest BCUT2D eigenvalue weighted by Crippen LogP contribution is -2.47. The molecule has 1 N–H and O–H groups in total. The topological polar surface area (TPSA) is 80.4 Å². The summed E-state index contributed by atoms with van der Waals surface area (Å²) < 4.78 is 0. The number of hydrogen-bond acceptors (Lipinski definition) is 3. The number of nitrogens with zero attached hydrogens (tertiary/aromatic N) is 1. The van der Waals surface area contributed by atoms with Crippen molar-refractivity contribution in [2.24, 2.45) is 5.92 Å². The molecular formula is C11H15NO4. The van der Waals surface area contributed by atoms with Crippen LogP contribution in [0.1, 0.15) is 26.2 Å². The quantitative estimate of drug-likeness (QED) is 0.573. The highest BCUT2D eigenvalue weighted by atomic mass is 16.6. The predicted molar refractivity (Wildman–Crippen MR) is 58.7 cm³/mol. The SMILES string of the molecule is CCCCC1([N+](=O)[O-])C=CC=CC1C(=O)O. The first-order chi connectivity index (χ1) is 7.54. The lowest BCUT2D eigenvalue weighted by atomic mass is 9.77. The van der Waals surface area contributed by atoms with Gasteiger partial charge in [-0.3, -0.25) is 14.9 Å². The van der Waals surface area contributed by atoms with Crippen LogP contribution in [0.3, 0.4) is 0 Å². The van der Waals surface area contributed by atoms with Crippen molar-refractivity contribution < 1.29 is 14.8 Å². The maximum atomic E-state index is 11.2. The third-order valence-electron chi connectivity index (χ3n) is 2.87. The summed E-state index contributed by atoms with van der Waals surface area (Å²) in [6, 6.07) is 0. The fraction of sp³-hybridized carbons (Fsp3) is 0.545. The second-order valence-corrected chi connectivity index (χ2v) is 3.91. The molecule has 0 saturated carbocycles. The summed E-state index contributed by atoms with van der Waals surface area (Å²) in [7, 11) is 0. The van der Waals surface area contributed by atoms with E-state index in [1.807, 2.05) is 6.92 Å². The van der Waals surface area contributed by atoms with Crippen LogP contribution in [-0.4, -0.2) is 21.5 Å². The summed E-state index contributed by atoms with van der Waals surface area (Å²) in [5.41, 5.74) is -1.48. The Morgan fingerprint density at radius 1 is 1.56 bits per heavy atom. The third-order valence-corrected chi connectivity index (χ3v) is 2.87. The number of hydrogen-bond donors (Lipinski definition) is 1. The Morgan fingerprint density at radius 3 is 2.75 bits per heavy atom. The Labute approximate surface area is 93.6 Å². The molecule has 1 aliphatic carbocycles. The largest absolute Gasteiger partial charge is 0.481 e. The summed E-state index contributed by atoms with van der Waals surface area (Å²) in [4.78, 5) is 21.7. The summed E-state index contributed by atoms with van der Waals surface area (Å²) in [6.07, 6.45) is 7.60. The van der Waals surface area contributed by atoms with Crippen LogP contribution < -0.4 is 0 Å². The van der Waals surface area contributed by atoms with E-state index in [1.54, 1.807) is 12.2 Å². The minimum absolute atomic E-state index is 0.258. The maximum Gasteiger partial charge on any atom is 0.318 e. The molecule has 0 amide bonds. The molecule has 0 aromatic heterocycles. The van der Waals surface area contributed by atoms with Crippen molar-refractivity contribution >= 4 is 5.97 Å². The van der Waals surface area contributed by atoms with Crippen molar-refractivity contribution in [3.63, 3.8) is 0 Å². The van der Waals surface area contributed by atoms with Crippen LogP contribution in [0.15, 0.2) is 24.3 Å². The monoisotopic (exact) mass is 225 g/mol. The van der Waals surface area contributed by atoms with Gasteiger partial charge in [-0.05, 0) is 12.5 Å². The second-order valence-electron chi connectivity index (χ2n) is 3.91.